The zero-order valence-corrected chi connectivity index (χ0v) is 13.4. The first-order chi connectivity index (χ1) is 10.1. The van der Waals surface area contributed by atoms with Crippen molar-refractivity contribution in [2.24, 2.45) is 7.05 Å². The van der Waals surface area contributed by atoms with Crippen LogP contribution in [0.15, 0.2) is 24.4 Å². The Hall–Kier alpha value is -1.59. The molecule has 1 N–H and O–H groups in total. The highest BCUT2D eigenvalue weighted by Gasteiger charge is 2.18. The number of aromatic nitrogens is 3. The molecule has 0 fully saturated rings. The zero-order chi connectivity index (χ0) is 15.2. The highest BCUT2D eigenvalue weighted by atomic mass is 35.5. The van der Waals surface area contributed by atoms with Crippen molar-refractivity contribution < 1.29 is 4.74 Å². The second-order valence-electron chi connectivity index (χ2n) is 4.98. The molecule has 5 nitrogen and oxygen atoms in total. The first-order valence-corrected chi connectivity index (χ1v) is 7.43. The number of ether oxygens (including phenoxy) is 1. The van der Waals surface area contributed by atoms with E-state index in [1.165, 1.54) is 0 Å². The van der Waals surface area contributed by atoms with E-state index in [0.717, 1.165) is 36.4 Å². The second kappa shape index (κ2) is 7.43. The van der Waals surface area contributed by atoms with Gasteiger partial charge in [-0.15, -0.1) is 5.10 Å². The van der Waals surface area contributed by atoms with Gasteiger partial charge < -0.3 is 10.1 Å². The van der Waals surface area contributed by atoms with Crippen molar-refractivity contribution in [2.75, 3.05) is 13.7 Å². The van der Waals surface area contributed by atoms with E-state index in [2.05, 4.69) is 22.6 Å². The average molecular weight is 309 g/mol. The van der Waals surface area contributed by atoms with Crippen molar-refractivity contribution in [2.45, 2.75) is 25.8 Å². The van der Waals surface area contributed by atoms with Gasteiger partial charge in [-0.1, -0.05) is 29.8 Å². The summed E-state index contributed by atoms with van der Waals surface area (Å²) in [6.07, 6.45) is 3.75. The number of rotatable bonds is 7. The molecule has 21 heavy (non-hydrogen) atoms. The number of nitrogens with zero attached hydrogens (tertiary/aromatic N) is 3. The molecule has 0 amide bonds. The van der Waals surface area contributed by atoms with Crippen LogP contribution >= 0.6 is 11.6 Å². The van der Waals surface area contributed by atoms with Gasteiger partial charge in [0.1, 0.15) is 5.75 Å². The SMILES string of the molecule is CCCNC(Cc1cn(C)nn1)c1ccc(Cl)cc1OC. The summed E-state index contributed by atoms with van der Waals surface area (Å²) in [6, 6.07) is 5.85. The third-order valence-corrected chi connectivity index (χ3v) is 3.51. The normalized spacial score (nSPS) is 12.4. The summed E-state index contributed by atoms with van der Waals surface area (Å²) in [6.45, 7) is 3.07. The maximum atomic E-state index is 6.04. The van der Waals surface area contributed by atoms with Crippen LogP contribution < -0.4 is 10.1 Å². The molecule has 1 aromatic heterocycles. The van der Waals surface area contributed by atoms with Gasteiger partial charge in [0.15, 0.2) is 0 Å². The number of halogens is 1. The Balaban J connectivity index is 2.26. The fraction of sp³-hybridized carbons (Fsp3) is 0.467. The molecule has 0 aliphatic carbocycles. The first kappa shape index (κ1) is 15.8. The van der Waals surface area contributed by atoms with Gasteiger partial charge in [0.05, 0.1) is 12.8 Å². The largest absolute Gasteiger partial charge is 0.496 e. The van der Waals surface area contributed by atoms with Crippen LogP contribution in [0.4, 0.5) is 0 Å². The first-order valence-electron chi connectivity index (χ1n) is 7.06. The summed E-state index contributed by atoms with van der Waals surface area (Å²) < 4.78 is 7.18. The Kier molecular flexibility index (Phi) is 5.59. The van der Waals surface area contributed by atoms with Crippen molar-refractivity contribution in [3.05, 3.63) is 40.7 Å². The lowest BCUT2D eigenvalue weighted by Crippen LogP contribution is -2.24. The van der Waals surface area contributed by atoms with E-state index < -0.39 is 0 Å². The van der Waals surface area contributed by atoms with Crippen molar-refractivity contribution in [3.8, 4) is 5.75 Å². The fourth-order valence-corrected chi connectivity index (χ4v) is 2.44. The minimum atomic E-state index is 0.119. The van der Waals surface area contributed by atoms with Gasteiger partial charge in [0.25, 0.3) is 0 Å². The average Bonchev–Trinajstić information content (AvgIpc) is 2.88. The zero-order valence-electron chi connectivity index (χ0n) is 12.6. The summed E-state index contributed by atoms with van der Waals surface area (Å²) >= 11 is 6.04. The van der Waals surface area contributed by atoms with Crippen LogP contribution in [0.25, 0.3) is 0 Å². The van der Waals surface area contributed by atoms with E-state index in [1.54, 1.807) is 11.8 Å². The predicted molar refractivity (Wildman–Crippen MR) is 83.7 cm³/mol. The molecule has 1 heterocycles. The molecule has 1 aromatic carbocycles. The molecule has 0 radical (unpaired) electrons. The molecule has 0 saturated heterocycles. The lowest BCUT2D eigenvalue weighted by Gasteiger charge is -2.20. The maximum absolute atomic E-state index is 6.04. The third kappa shape index (κ3) is 4.19. The molecule has 1 atom stereocenters. The number of aryl methyl sites for hydroxylation is 1. The van der Waals surface area contributed by atoms with E-state index in [9.17, 15) is 0 Å². The van der Waals surface area contributed by atoms with Gasteiger partial charge in [0, 0.05) is 36.3 Å². The van der Waals surface area contributed by atoms with E-state index in [4.69, 9.17) is 16.3 Å². The van der Waals surface area contributed by atoms with Crippen LogP contribution in [-0.2, 0) is 13.5 Å². The Bertz CT molecular complexity index is 585. The minimum Gasteiger partial charge on any atom is -0.496 e. The Morgan fingerprint density at radius 2 is 2.24 bits per heavy atom. The van der Waals surface area contributed by atoms with Gasteiger partial charge in [-0.2, -0.15) is 0 Å². The Morgan fingerprint density at radius 3 is 2.86 bits per heavy atom. The molecule has 2 aromatic rings. The van der Waals surface area contributed by atoms with E-state index >= 15 is 0 Å². The molecule has 0 aliphatic rings. The predicted octanol–water partition coefficient (Wildman–Crippen LogP) is 2.76. The van der Waals surface area contributed by atoms with Gasteiger partial charge in [-0.3, -0.25) is 4.68 Å². The topological polar surface area (TPSA) is 52.0 Å². The van der Waals surface area contributed by atoms with Crippen molar-refractivity contribution in [1.29, 1.82) is 0 Å². The third-order valence-electron chi connectivity index (χ3n) is 3.28. The molecular formula is C15H21ClN4O. The Labute approximate surface area is 130 Å². The quantitative estimate of drug-likeness (QED) is 0.854. The van der Waals surface area contributed by atoms with Gasteiger partial charge in [0.2, 0.25) is 0 Å². The number of benzene rings is 1. The molecule has 0 bridgehead atoms. The number of nitrogens with one attached hydrogen (secondary N) is 1. The highest BCUT2D eigenvalue weighted by molar-refractivity contribution is 6.30. The lowest BCUT2D eigenvalue weighted by molar-refractivity contribution is 0.397. The van der Waals surface area contributed by atoms with Crippen LogP contribution in [-0.4, -0.2) is 28.6 Å². The van der Waals surface area contributed by atoms with Gasteiger partial charge >= 0.3 is 0 Å². The Morgan fingerprint density at radius 1 is 1.43 bits per heavy atom. The van der Waals surface area contributed by atoms with E-state index in [0.29, 0.717) is 5.02 Å². The van der Waals surface area contributed by atoms with Crippen LogP contribution in [0, 0.1) is 0 Å². The lowest BCUT2D eigenvalue weighted by atomic mass is 10.0. The van der Waals surface area contributed by atoms with Crippen molar-refractivity contribution >= 4 is 11.6 Å². The molecule has 2 rings (SSSR count). The van der Waals surface area contributed by atoms with Crippen LogP contribution in [0.2, 0.25) is 5.02 Å². The van der Waals surface area contributed by atoms with Gasteiger partial charge in [-0.05, 0) is 25.1 Å². The molecule has 1 unspecified atom stereocenters. The van der Waals surface area contributed by atoms with Crippen molar-refractivity contribution in [3.63, 3.8) is 0 Å². The number of methoxy groups -OCH3 is 1. The molecule has 0 saturated carbocycles. The molecule has 0 aliphatic heterocycles. The van der Waals surface area contributed by atoms with Crippen LogP contribution in [0.1, 0.15) is 30.6 Å². The molecule has 0 spiro atoms. The summed E-state index contributed by atoms with van der Waals surface area (Å²) in [5, 5.41) is 12.4. The summed E-state index contributed by atoms with van der Waals surface area (Å²) in [7, 11) is 3.53. The fourth-order valence-electron chi connectivity index (χ4n) is 2.28. The summed E-state index contributed by atoms with van der Waals surface area (Å²) in [5.74, 6) is 0.792. The number of hydrogen-bond acceptors (Lipinski definition) is 4. The van der Waals surface area contributed by atoms with Crippen molar-refractivity contribution in [1.82, 2.24) is 20.3 Å². The van der Waals surface area contributed by atoms with E-state index in [-0.39, 0.29) is 6.04 Å². The van der Waals surface area contributed by atoms with E-state index in [1.807, 2.05) is 31.4 Å². The molecule has 114 valence electrons. The number of hydrogen-bond donors (Lipinski definition) is 1. The monoisotopic (exact) mass is 308 g/mol. The van der Waals surface area contributed by atoms with Crippen LogP contribution in [0.5, 0.6) is 5.75 Å². The second-order valence-corrected chi connectivity index (χ2v) is 5.42. The molecular weight excluding hydrogens is 288 g/mol. The smallest absolute Gasteiger partial charge is 0.125 e. The minimum absolute atomic E-state index is 0.119. The van der Waals surface area contributed by atoms with Gasteiger partial charge in [-0.25, -0.2) is 0 Å². The standard InChI is InChI=1S/C15H21ClN4O/c1-4-7-17-14(9-12-10-20(2)19-18-12)13-6-5-11(16)8-15(13)21-3/h5-6,8,10,14,17H,4,7,9H2,1-3H3. The summed E-state index contributed by atoms with van der Waals surface area (Å²) in [5.41, 5.74) is 2.03. The van der Waals surface area contributed by atoms with Crippen LogP contribution in [0.3, 0.4) is 0 Å². The summed E-state index contributed by atoms with van der Waals surface area (Å²) in [4.78, 5) is 0. The maximum Gasteiger partial charge on any atom is 0.125 e. The highest BCUT2D eigenvalue weighted by Crippen LogP contribution is 2.30. The molecule has 6 heteroatoms.